The molecule has 2 N–H and O–H groups in total. The minimum atomic E-state index is -0.886. The highest BCUT2D eigenvalue weighted by Gasteiger charge is 2.47. The maximum Gasteiger partial charge on any atom is 0.295 e. The molecule has 1 aliphatic rings. The number of likely N-dealkylation sites (tertiary alicyclic amines) is 1. The van der Waals surface area contributed by atoms with E-state index < -0.39 is 17.7 Å². The topological polar surface area (TPSA) is 114 Å². The lowest BCUT2D eigenvalue weighted by Crippen LogP contribution is -2.31. The van der Waals surface area contributed by atoms with Gasteiger partial charge in [0.15, 0.2) is 11.5 Å². The maximum absolute atomic E-state index is 13.2. The fourth-order valence-electron chi connectivity index (χ4n) is 4.72. The summed E-state index contributed by atoms with van der Waals surface area (Å²) in [5.41, 5.74) is 2.17. The van der Waals surface area contributed by atoms with E-state index in [4.69, 9.17) is 18.6 Å². The number of rotatable bonds is 8. The Hall–Kier alpha value is -4.66. The van der Waals surface area contributed by atoms with Crippen molar-refractivity contribution in [3.63, 3.8) is 0 Å². The molecule has 1 amide bonds. The van der Waals surface area contributed by atoms with Crippen LogP contribution in [0.25, 0.3) is 16.7 Å². The summed E-state index contributed by atoms with van der Waals surface area (Å²) in [4.78, 5) is 31.1. The van der Waals surface area contributed by atoms with Crippen molar-refractivity contribution in [3.8, 4) is 17.2 Å². The molecule has 1 saturated heterocycles. The van der Waals surface area contributed by atoms with E-state index in [2.05, 4.69) is 4.98 Å². The standard InChI is InChI=1S/C28H26N2O7/c1-34-18-7-8-20-19(14-18)17(15-29-20)10-11-30-25(22-5-4-12-37-22)24(27(32)28(30)33)26(31)16-6-9-21(35-2)23(13-16)36-3/h4-9,12-15,25,29,31H,10-11H2,1-3H3/t25-/m1/s1. The average Bonchev–Trinajstić information content (AvgIpc) is 3.65. The van der Waals surface area contributed by atoms with Crippen molar-refractivity contribution in [1.82, 2.24) is 9.88 Å². The molecule has 2 aromatic carbocycles. The van der Waals surface area contributed by atoms with E-state index in [1.54, 1.807) is 37.4 Å². The van der Waals surface area contributed by atoms with E-state index in [9.17, 15) is 14.7 Å². The number of H-pyrrole nitrogens is 1. The number of carbonyl (C=O) groups is 2. The molecule has 1 fully saturated rings. The summed E-state index contributed by atoms with van der Waals surface area (Å²) >= 11 is 0. The zero-order valence-corrected chi connectivity index (χ0v) is 20.6. The highest BCUT2D eigenvalue weighted by molar-refractivity contribution is 6.46. The Bertz CT molecular complexity index is 1500. The summed E-state index contributed by atoms with van der Waals surface area (Å²) < 4.78 is 21.6. The van der Waals surface area contributed by atoms with Crippen LogP contribution in [-0.4, -0.2) is 54.6 Å². The van der Waals surface area contributed by atoms with Gasteiger partial charge in [-0.05, 0) is 60.5 Å². The van der Waals surface area contributed by atoms with Crippen LogP contribution in [0.3, 0.4) is 0 Å². The predicted molar refractivity (Wildman–Crippen MR) is 136 cm³/mol. The molecule has 5 rings (SSSR count). The zero-order chi connectivity index (χ0) is 26.1. The van der Waals surface area contributed by atoms with Crippen LogP contribution in [0.1, 0.15) is 22.9 Å². The van der Waals surface area contributed by atoms with E-state index >= 15 is 0 Å². The van der Waals surface area contributed by atoms with Crippen LogP contribution in [0.15, 0.2) is 71.0 Å². The molecule has 2 aromatic heterocycles. The van der Waals surface area contributed by atoms with Crippen molar-refractivity contribution >= 4 is 28.4 Å². The number of fused-ring (bicyclic) bond motifs is 1. The first kappa shape index (κ1) is 24.1. The first-order valence-electron chi connectivity index (χ1n) is 11.6. The van der Waals surface area contributed by atoms with E-state index in [0.717, 1.165) is 22.2 Å². The lowest BCUT2D eigenvalue weighted by molar-refractivity contribution is -0.140. The van der Waals surface area contributed by atoms with Crippen molar-refractivity contribution in [3.05, 3.63) is 83.5 Å². The minimum absolute atomic E-state index is 0.0484. The van der Waals surface area contributed by atoms with Crippen molar-refractivity contribution < 1.29 is 33.3 Å². The number of hydrogen-bond acceptors (Lipinski definition) is 7. The van der Waals surface area contributed by atoms with Crippen molar-refractivity contribution in [2.24, 2.45) is 0 Å². The van der Waals surface area contributed by atoms with E-state index in [0.29, 0.717) is 29.2 Å². The molecule has 4 aromatic rings. The number of amides is 1. The van der Waals surface area contributed by atoms with Gasteiger partial charge in [-0.1, -0.05) is 0 Å². The molecule has 3 heterocycles. The van der Waals surface area contributed by atoms with E-state index in [1.807, 2.05) is 24.4 Å². The molecule has 0 aliphatic carbocycles. The molecule has 1 atom stereocenters. The molecular formula is C28H26N2O7. The Balaban J connectivity index is 1.53. The number of aromatic amines is 1. The molecule has 9 heteroatoms. The number of aromatic nitrogens is 1. The molecular weight excluding hydrogens is 476 g/mol. The molecule has 0 spiro atoms. The third-order valence-corrected chi connectivity index (χ3v) is 6.61. The number of methoxy groups -OCH3 is 3. The van der Waals surface area contributed by atoms with Crippen LogP contribution in [-0.2, 0) is 16.0 Å². The minimum Gasteiger partial charge on any atom is -0.507 e. The number of furan rings is 1. The first-order chi connectivity index (χ1) is 18.0. The monoisotopic (exact) mass is 502 g/mol. The Morgan fingerprint density at radius 3 is 2.54 bits per heavy atom. The van der Waals surface area contributed by atoms with Gasteiger partial charge in [0.05, 0.1) is 33.2 Å². The largest absolute Gasteiger partial charge is 0.507 e. The molecule has 1 aliphatic heterocycles. The van der Waals surface area contributed by atoms with Crippen LogP contribution in [0.2, 0.25) is 0 Å². The number of carbonyl (C=O) groups excluding carboxylic acids is 2. The number of hydrogen-bond donors (Lipinski definition) is 2. The van der Waals surface area contributed by atoms with Gasteiger partial charge in [-0.25, -0.2) is 0 Å². The smallest absolute Gasteiger partial charge is 0.295 e. The lowest BCUT2D eigenvalue weighted by atomic mass is 9.99. The second kappa shape index (κ2) is 9.77. The number of nitrogens with zero attached hydrogens (tertiary/aromatic N) is 1. The van der Waals surface area contributed by atoms with Gasteiger partial charge in [0.2, 0.25) is 0 Å². The molecule has 0 saturated carbocycles. The van der Waals surface area contributed by atoms with Crippen molar-refractivity contribution in [2.45, 2.75) is 12.5 Å². The zero-order valence-electron chi connectivity index (χ0n) is 20.6. The van der Waals surface area contributed by atoms with Crippen molar-refractivity contribution in [2.75, 3.05) is 27.9 Å². The average molecular weight is 503 g/mol. The van der Waals surface area contributed by atoms with Crippen LogP contribution in [0, 0.1) is 0 Å². The van der Waals surface area contributed by atoms with Gasteiger partial charge in [0.25, 0.3) is 11.7 Å². The fourth-order valence-corrected chi connectivity index (χ4v) is 4.72. The Morgan fingerprint density at radius 1 is 1.03 bits per heavy atom. The summed E-state index contributed by atoms with van der Waals surface area (Å²) in [6, 6.07) is 13.0. The SMILES string of the molecule is COc1ccc2[nH]cc(CCN3C(=O)C(=O)C(=C(O)c4ccc(OC)c(OC)c4)[C@H]3c3ccco3)c2c1. The highest BCUT2D eigenvalue weighted by Crippen LogP contribution is 2.41. The van der Waals surface area contributed by atoms with E-state index in [-0.39, 0.29) is 17.9 Å². The second-order valence-electron chi connectivity index (χ2n) is 8.55. The normalized spacial score (nSPS) is 16.9. The summed E-state index contributed by atoms with van der Waals surface area (Å²) in [6.45, 7) is 0.225. The van der Waals surface area contributed by atoms with Crippen LogP contribution in [0.5, 0.6) is 17.2 Å². The number of ether oxygens (including phenoxy) is 3. The van der Waals surface area contributed by atoms with Gasteiger partial charge < -0.3 is 33.6 Å². The number of nitrogens with one attached hydrogen (secondary N) is 1. The number of aliphatic hydroxyl groups excluding tert-OH is 1. The summed E-state index contributed by atoms with van der Waals surface area (Å²) in [5, 5.41) is 12.2. The fraction of sp³-hybridized carbons (Fsp3) is 0.214. The number of Topliss-reactive ketones (excluding diaryl/α,β-unsaturated/α-hetero) is 1. The van der Waals surface area contributed by atoms with Crippen molar-refractivity contribution in [1.29, 1.82) is 0 Å². The number of ketones is 1. The molecule has 0 bridgehead atoms. The third kappa shape index (κ3) is 4.18. The summed E-state index contributed by atoms with van der Waals surface area (Å²) in [6.07, 6.45) is 3.82. The van der Waals surface area contributed by atoms with Crippen LogP contribution >= 0.6 is 0 Å². The van der Waals surface area contributed by atoms with E-state index in [1.165, 1.54) is 25.4 Å². The summed E-state index contributed by atoms with van der Waals surface area (Å²) in [7, 11) is 4.59. The Labute approximate surface area is 212 Å². The molecule has 9 nitrogen and oxygen atoms in total. The quantitative estimate of drug-likeness (QED) is 0.208. The van der Waals surface area contributed by atoms with Gasteiger partial charge >= 0.3 is 0 Å². The van der Waals surface area contributed by atoms with Gasteiger partial charge in [-0.2, -0.15) is 0 Å². The first-order valence-corrected chi connectivity index (χ1v) is 11.6. The molecule has 37 heavy (non-hydrogen) atoms. The maximum atomic E-state index is 13.2. The summed E-state index contributed by atoms with van der Waals surface area (Å²) in [5.74, 6) is 0.138. The third-order valence-electron chi connectivity index (χ3n) is 6.61. The number of aliphatic hydroxyl groups is 1. The van der Waals surface area contributed by atoms with Gasteiger partial charge in [-0.15, -0.1) is 0 Å². The highest BCUT2D eigenvalue weighted by atomic mass is 16.5. The van der Waals surface area contributed by atoms with Gasteiger partial charge in [0.1, 0.15) is 23.3 Å². The lowest BCUT2D eigenvalue weighted by Gasteiger charge is -2.23. The Kier molecular flexibility index (Phi) is 6.35. The van der Waals surface area contributed by atoms with Crippen LogP contribution in [0.4, 0.5) is 0 Å². The molecule has 0 unspecified atom stereocenters. The van der Waals surface area contributed by atoms with Gasteiger partial charge in [-0.3, -0.25) is 9.59 Å². The Morgan fingerprint density at radius 2 is 1.84 bits per heavy atom. The predicted octanol–water partition coefficient (Wildman–Crippen LogP) is 4.45. The molecule has 190 valence electrons. The van der Waals surface area contributed by atoms with Gasteiger partial charge in [0, 0.05) is 29.2 Å². The molecule has 0 radical (unpaired) electrons. The number of benzene rings is 2. The second-order valence-corrected chi connectivity index (χ2v) is 8.55. The van der Waals surface area contributed by atoms with Crippen LogP contribution < -0.4 is 14.2 Å².